The van der Waals surface area contributed by atoms with Gasteiger partial charge in [0.1, 0.15) is 4.90 Å². The third kappa shape index (κ3) is 3.71. The monoisotopic (exact) mass is 297 g/mol. The van der Waals surface area contributed by atoms with Gasteiger partial charge in [0.25, 0.3) is 0 Å². The van der Waals surface area contributed by atoms with Gasteiger partial charge in [-0.25, -0.2) is 13.1 Å². The number of rotatable bonds is 5. The molecule has 2 unspecified atom stereocenters. The van der Waals surface area contributed by atoms with Crippen molar-refractivity contribution in [3.63, 3.8) is 0 Å². The average Bonchev–Trinajstić information content (AvgIpc) is 2.45. The molecule has 1 fully saturated rings. The first-order valence-corrected chi connectivity index (χ1v) is 8.53. The van der Waals surface area contributed by atoms with Gasteiger partial charge in [0.2, 0.25) is 10.0 Å². The molecule has 0 saturated heterocycles. The molecule has 6 heteroatoms. The van der Waals surface area contributed by atoms with Gasteiger partial charge in [-0.05, 0) is 44.4 Å². The fourth-order valence-corrected chi connectivity index (χ4v) is 3.64. The van der Waals surface area contributed by atoms with E-state index in [1.807, 2.05) is 6.07 Å². The Morgan fingerprint density at radius 3 is 2.75 bits per heavy atom. The van der Waals surface area contributed by atoms with Crippen molar-refractivity contribution in [2.45, 2.75) is 36.6 Å². The standard InChI is InChI=1S/C14H23N3O2S/c1-16-20(18,19)14-8-3-2-7-13(14)17-10-11-5-4-6-12(15)9-11/h2-3,7-8,11-12,16-17H,4-6,9-10,15H2,1H3. The van der Waals surface area contributed by atoms with Crippen molar-refractivity contribution in [1.82, 2.24) is 4.72 Å². The summed E-state index contributed by atoms with van der Waals surface area (Å²) in [6.07, 6.45) is 4.42. The molecule has 1 aliphatic rings. The Hall–Kier alpha value is -1.11. The molecule has 0 spiro atoms. The van der Waals surface area contributed by atoms with Gasteiger partial charge in [-0.15, -0.1) is 0 Å². The van der Waals surface area contributed by atoms with Gasteiger partial charge in [0.05, 0.1) is 5.69 Å². The van der Waals surface area contributed by atoms with E-state index < -0.39 is 10.0 Å². The minimum absolute atomic E-state index is 0.284. The van der Waals surface area contributed by atoms with Crippen LogP contribution in [-0.4, -0.2) is 28.1 Å². The van der Waals surface area contributed by atoms with E-state index in [9.17, 15) is 8.42 Å². The molecule has 2 atom stereocenters. The Kier molecular flexibility index (Phi) is 5.01. The third-order valence-electron chi connectivity index (χ3n) is 3.85. The first-order valence-electron chi connectivity index (χ1n) is 7.05. The quantitative estimate of drug-likeness (QED) is 0.769. The SMILES string of the molecule is CNS(=O)(=O)c1ccccc1NCC1CCCC(N)C1. The number of sulfonamides is 1. The van der Waals surface area contributed by atoms with Crippen LogP contribution in [0.4, 0.5) is 5.69 Å². The maximum absolute atomic E-state index is 12.0. The largest absolute Gasteiger partial charge is 0.384 e. The molecule has 0 aliphatic heterocycles. The number of benzene rings is 1. The van der Waals surface area contributed by atoms with Crippen LogP contribution in [0.5, 0.6) is 0 Å². The van der Waals surface area contributed by atoms with Crippen LogP contribution in [0.15, 0.2) is 29.2 Å². The van der Waals surface area contributed by atoms with E-state index in [0.717, 1.165) is 32.2 Å². The molecule has 0 heterocycles. The highest BCUT2D eigenvalue weighted by Gasteiger charge is 2.20. The normalized spacial score (nSPS) is 23.5. The fraction of sp³-hybridized carbons (Fsp3) is 0.571. The van der Waals surface area contributed by atoms with Gasteiger partial charge in [0, 0.05) is 12.6 Å². The van der Waals surface area contributed by atoms with Gasteiger partial charge >= 0.3 is 0 Å². The van der Waals surface area contributed by atoms with Crippen LogP contribution in [0.3, 0.4) is 0 Å². The number of nitrogens with one attached hydrogen (secondary N) is 2. The topological polar surface area (TPSA) is 84.2 Å². The number of nitrogens with two attached hydrogens (primary N) is 1. The molecule has 1 saturated carbocycles. The van der Waals surface area contributed by atoms with Crippen LogP contribution in [0.25, 0.3) is 0 Å². The van der Waals surface area contributed by atoms with Crippen molar-refractivity contribution >= 4 is 15.7 Å². The molecule has 4 N–H and O–H groups in total. The van der Waals surface area contributed by atoms with Crippen LogP contribution in [-0.2, 0) is 10.0 Å². The summed E-state index contributed by atoms with van der Waals surface area (Å²) in [5.41, 5.74) is 6.63. The van der Waals surface area contributed by atoms with Crippen molar-refractivity contribution in [3.8, 4) is 0 Å². The van der Waals surface area contributed by atoms with Crippen molar-refractivity contribution < 1.29 is 8.42 Å². The highest BCUT2D eigenvalue weighted by molar-refractivity contribution is 7.89. The summed E-state index contributed by atoms with van der Waals surface area (Å²) in [6, 6.07) is 7.26. The number of hydrogen-bond acceptors (Lipinski definition) is 4. The van der Waals surface area contributed by atoms with E-state index in [1.165, 1.54) is 7.05 Å². The third-order valence-corrected chi connectivity index (χ3v) is 5.32. The Labute approximate surface area is 121 Å². The summed E-state index contributed by atoms with van der Waals surface area (Å²) in [7, 11) is -2.01. The molecular weight excluding hydrogens is 274 g/mol. The van der Waals surface area contributed by atoms with Crippen LogP contribution >= 0.6 is 0 Å². The van der Waals surface area contributed by atoms with Gasteiger partial charge in [-0.1, -0.05) is 18.6 Å². The number of para-hydroxylation sites is 1. The molecule has 2 rings (SSSR count). The zero-order chi connectivity index (χ0) is 14.6. The van der Waals surface area contributed by atoms with Crippen molar-refractivity contribution in [3.05, 3.63) is 24.3 Å². The lowest BCUT2D eigenvalue weighted by Gasteiger charge is -2.27. The molecule has 20 heavy (non-hydrogen) atoms. The van der Waals surface area contributed by atoms with E-state index in [4.69, 9.17) is 5.73 Å². The molecule has 5 nitrogen and oxygen atoms in total. The molecule has 0 bridgehead atoms. The maximum Gasteiger partial charge on any atom is 0.242 e. The molecule has 0 radical (unpaired) electrons. The fourth-order valence-electron chi connectivity index (χ4n) is 2.73. The summed E-state index contributed by atoms with van der Waals surface area (Å²) < 4.78 is 26.3. The predicted molar refractivity (Wildman–Crippen MR) is 81.1 cm³/mol. The van der Waals surface area contributed by atoms with Gasteiger partial charge in [-0.2, -0.15) is 0 Å². The van der Waals surface area contributed by atoms with Crippen LogP contribution < -0.4 is 15.8 Å². The van der Waals surface area contributed by atoms with Gasteiger partial charge < -0.3 is 11.1 Å². The number of anilines is 1. The van der Waals surface area contributed by atoms with E-state index in [2.05, 4.69) is 10.0 Å². The first kappa shape index (κ1) is 15.3. The lowest BCUT2D eigenvalue weighted by molar-refractivity contribution is 0.335. The second-order valence-corrected chi connectivity index (χ2v) is 7.23. The summed E-state index contributed by atoms with van der Waals surface area (Å²) in [5.74, 6) is 0.518. The lowest BCUT2D eigenvalue weighted by Crippen LogP contribution is -2.31. The molecule has 0 aromatic heterocycles. The Bertz CT molecular complexity index is 545. The first-order chi connectivity index (χ1) is 9.53. The Morgan fingerprint density at radius 2 is 2.05 bits per heavy atom. The average molecular weight is 297 g/mol. The Balaban J connectivity index is 2.06. The van der Waals surface area contributed by atoms with Crippen LogP contribution in [0, 0.1) is 5.92 Å². The summed E-state index contributed by atoms with van der Waals surface area (Å²) in [4.78, 5) is 0.294. The van der Waals surface area contributed by atoms with E-state index in [-0.39, 0.29) is 6.04 Å². The minimum Gasteiger partial charge on any atom is -0.384 e. The minimum atomic E-state index is -3.43. The van der Waals surface area contributed by atoms with E-state index in [1.54, 1.807) is 18.2 Å². The second-order valence-electron chi connectivity index (χ2n) is 5.38. The second kappa shape index (κ2) is 6.56. The molecule has 1 aliphatic carbocycles. The van der Waals surface area contributed by atoms with Gasteiger partial charge in [-0.3, -0.25) is 0 Å². The smallest absolute Gasteiger partial charge is 0.242 e. The molecule has 1 aromatic carbocycles. The van der Waals surface area contributed by atoms with E-state index in [0.29, 0.717) is 16.5 Å². The Morgan fingerprint density at radius 1 is 1.30 bits per heavy atom. The molecule has 112 valence electrons. The zero-order valence-electron chi connectivity index (χ0n) is 11.8. The highest BCUT2D eigenvalue weighted by atomic mass is 32.2. The van der Waals surface area contributed by atoms with Crippen LogP contribution in [0.2, 0.25) is 0 Å². The summed E-state index contributed by atoms with van der Waals surface area (Å²) in [5, 5.41) is 3.27. The number of hydrogen-bond donors (Lipinski definition) is 3. The maximum atomic E-state index is 12.0. The van der Waals surface area contributed by atoms with E-state index >= 15 is 0 Å². The predicted octanol–water partition coefficient (Wildman–Crippen LogP) is 1.52. The molecular formula is C14H23N3O2S. The van der Waals surface area contributed by atoms with Gasteiger partial charge in [0.15, 0.2) is 0 Å². The van der Waals surface area contributed by atoms with Crippen LogP contribution in [0.1, 0.15) is 25.7 Å². The molecule has 1 aromatic rings. The van der Waals surface area contributed by atoms with Crippen molar-refractivity contribution in [1.29, 1.82) is 0 Å². The van der Waals surface area contributed by atoms with Crippen molar-refractivity contribution in [2.75, 3.05) is 18.9 Å². The highest BCUT2D eigenvalue weighted by Crippen LogP contribution is 2.25. The summed E-state index contributed by atoms with van der Waals surface area (Å²) >= 11 is 0. The lowest BCUT2D eigenvalue weighted by atomic mass is 9.86. The van der Waals surface area contributed by atoms with Crippen molar-refractivity contribution in [2.24, 2.45) is 11.7 Å². The molecule has 0 amide bonds. The zero-order valence-corrected chi connectivity index (χ0v) is 12.6. The summed E-state index contributed by atoms with van der Waals surface area (Å²) in [6.45, 7) is 0.768.